The van der Waals surface area contributed by atoms with Crippen molar-refractivity contribution in [2.24, 2.45) is 10.7 Å². The lowest BCUT2D eigenvalue weighted by Crippen LogP contribution is -2.36. The average molecular weight is 334 g/mol. The predicted octanol–water partition coefficient (Wildman–Crippen LogP) is 2.67. The van der Waals surface area contributed by atoms with E-state index in [0.29, 0.717) is 12.5 Å². The van der Waals surface area contributed by atoms with E-state index in [4.69, 9.17) is 5.73 Å². The molecule has 1 aliphatic heterocycles. The molecule has 0 aliphatic carbocycles. The van der Waals surface area contributed by atoms with Crippen LogP contribution in [0.15, 0.2) is 33.7 Å². The van der Waals surface area contributed by atoms with Crippen molar-refractivity contribution in [1.82, 2.24) is 10.2 Å². The highest BCUT2D eigenvalue weighted by Crippen LogP contribution is 2.34. The van der Waals surface area contributed by atoms with Crippen molar-refractivity contribution >= 4 is 27.6 Å². The van der Waals surface area contributed by atoms with Crippen LogP contribution in [0.5, 0.6) is 0 Å². The minimum atomic E-state index is 0.106. The molecule has 6 heteroatoms. The molecule has 0 spiro atoms. The van der Waals surface area contributed by atoms with Gasteiger partial charge in [0.2, 0.25) is 0 Å². The topological polar surface area (TPSA) is 70.3 Å². The van der Waals surface area contributed by atoms with Crippen molar-refractivity contribution < 1.29 is 0 Å². The fourth-order valence-corrected chi connectivity index (χ4v) is 2.95. The van der Waals surface area contributed by atoms with Crippen LogP contribution in [0, 0.1) is 13.8 Å². The van der Waals surface area contributed by atoms with Crippen LogP contribution in [-0.4, -0.2) is 22.7 Å². The molecule has 0 saturated heterocycles. The number of nitrogens with one attached hydrogen (secondary N) is 1. The maximum absolute atomic E-state index is 6.08. The number of aryl methyl sites for hydroxylation is 2. The summed E-state index contributed by atoms with van der Waals surface area (Å²) in [7, 11) is 0. The second kappa shape index (κ2) is 4.94. The van der Waals surface area contributed by atoms with Crippen LogP contribution in [0.4, 0.5) is 5.69 Å². The van der Waals surface area contributed by atoms with Gasteiger partial charge in [-0.1, -0.05) is 15.9 Å². The second-order valence-corrected chi connectivity index (χ2v) is 5.82. The first-order valence-electron chi connectivity index (χ1n) is 6.44. The lowest BCUT2D eigenvalue weighted by Gasteiger charge is -2.26. The second-order valence-electron chi connectivity index (χ2n) is 4.91. The lowest BCUT2D eigenvalue weighted by molar-refractivity contribution is 0.757. The Labute approximate surface area is 126 Å². The normalized spacial score (nSPS) is 18.4. The van der Waals surface area contributed by atoms with Crippen molar-refractivity contribution in [2.75, 3.05) is 11.4 Å². The molecule has 104 valence electrons. The van der Waals surface area contributed by atoms with Crippen LogP contribution in [0.3, 0.4) is 0 Å². The molecule has 1 aliphatic rings. The number of nitrogens with zero attached hydrogens (tertiary/aromatic N) is 3. The first-order valence-corrected chi connectivity index (χ1v) is 7.23. The molecule has 1 unspecified atom stereocenters. The van der Waals surface area contributed by atoms with Gasteiger partial charge in [-0.25, -0.2) is 0 Å². The van der Waals surface area contributed by atoms with E-state index in [-0.39, 0.29) is 6.04 Å². The Morgan fingerprint density at radius 2 is 2.00 bits per heavy atom. The van der Waals surface area contributed by atoms with Crippen LogP contribution in [0.25, 0.3) is 0 Å². The van der Waals surface area contributed by atoms with Gasteiger partial charge in [-0.05, 0) is 38.1 Å². The summed E-state index contributed by atoms with van der Waals surface area (Å²) in [6.07, 6.45) is 0. The van der Waals surface area contributed by atoms with Gasteiger partial charge in [0.05, 0.1) is 18.3 Å². The van der Waals surface area contributed by atoms with E-state index >= 15 is 0 Å². The number of nitrogens with two attached hydrogens (primary N) is 1. The number of rotatable bonds is 2. The van der Waals surface area contributed by atoms with Crippen LogP contribution in [0.2, 0.25) is 0 Å². The standard InChI is InChI=1S/C14H16BrN5/c1-8-13(9(2)19-18-8)12-7-17-14(16)20(12)11-5-3-10(15)4-6-11/h3-6,12H,7H2,1-2H3,(H2,16,17)(H,18,19). The highest BCUT2D eigenvalue weighted by atomic mass is 79.9. The molecule has 0 radical (unpaired) electrons. The number of aromatic nitrogens is 2. The molecule has 0 amide bonds. The Bertz CT molecular complexity index is 639. The van der Waals surface area contributed by atoms with Crippen molar-refractivity contribution in [1.29, 1.82) is 0 Å². The molecule has 2 heterocycles. The average Bonchev–Trinajstić information content (AvgIpc) is 2.94. The number of hydrogen-bond acceptors (Lipinski definition) is 4. The third kappa shape index (κ3) is 2.10. The summed E-state index contributed by atoms with van der Waals surface area (Å²) in [5, 5.41) is 7.31. The van der Waals surface area contributed by atoms with Crippen LogP contribution >= 0.6 is 15.9 Å². The van der Waals surface area contributed by atoms with Gasteiger partial charge in [0.1, 0.15) is 0 Å². The lowest BCUT2D eigenvalue weighted by atomic mass is 10.0. The Morgan fingerprint density at radius 1 is 1.30 bits per heavy atom. The number of halogens is 1. The summed E-state index contributed by atoms with van der Waals surface area (Å²) in [5.41, 5.74) is 10.4. The van der Waals surface area contributed by atoms with Gasteiger partial charge in [0.25, 0.3) is 0 Å². The maximum Gasteiger partial charge on any atom is 0.196 e. The Hall–Kier alpha value is -1.82. The molecular weight excluding hydrogens is 318 g/mol. The molecule has 5 nitrogen and oxygen atoms in total. The van der Waals surface area contributed by atoms with E-state index in [1.165, 1.54) is 5.56 Å². The molecule has 1 aromatic carbocycles. The van der Waals surface area contributed by atoms with Crippen LogP contribution in [-0.2, 0) is 0 Å². The summed E-state index contributed by atoms with van der Waals surface area (Å²) < 4.78 is 1.04. The predicted molar refractivity (Wildman–Crippen MR) is 83.9 cm³/mol. The minimum Gasteiger partial charge on any atom is -0.369 e. The van der Waals surface area contributed by atoms with Gasteiger partial charge in [-0.2, -0.15) is 5.10 Å². The van der Waals surface area contributed by atoms with Gasteiger partial charge in [-0.15, -0.1) is 0 Å². The van der Waals surface area contributed by atoms with Crippen molar-refractivity contribution in [2.45, 2.75) is 19.9 Å². The fraction of sp³-hybridized carbons (Fsp3) is 0.286. The minimum absolute atomic E-state index is 0.106. The van der Waals surface area contributed by atoms with E-state index in [2.05, 4.69) is 36.0 Å². The zero-order valence-electron chi connectivity index (χ0n) is 11.4. The Balaban J connectivity index is 2.03. The highest BCUT2D eigenvalue weighted by Gasteiger charge is 2.32. The maximum atomic E-state index is 6.08. The molecule has 2 aromatic rings. The number of aliphatic imine (C=N–C) groups is 1. The SMILES string of the molecule is Cc1n[nH]c(C)c1C1CN=C(N)N1c1ccc(Br)cc1. The zero-order chi connectivity index (χ0) is 14.3. The quantitative estimate of drug-likeness (QED) is 0.887. The largest absolute Gasteiger partial charge is 0.369 e. The third-order valence-electron chi connectivity index (χ3n) is 3.61. The smallest absolute Gasteiger partial charge is 0.196 e. The molecule has 3 rings (SSSR count). The summed E-state index contributed by atoms with van der Waals surface area (Å²) in [6, 6.07) is 8.19. The van der Waals surface area contributed by atoms with E-state index in [0.717, 1.165) is 21.5 Å². The van der Waals surface area contributed by atoms with Gasteiger partial charge < -0.3 is 10.6 Å². The number of aromatic amines is 1. The fourth-order valence-electron chi connectivity index (χ4n) is 2.68. The molecule has 1 atom stereocenters. The number of benzene rings is 1. The zero-order valence-corrected chi connectivity index (χ0v) is 13.0. The molecule has 3 N–H and O–H groups in total. The molecule has 0 fully saturated rings. The third-order valence-corrected chi connectivity index (χ3v) is 4.14. The van der Waals surface area contributed by atoms with Gasteiger partial charge >= 0.3 is 0 Å². The number of H-pyrrole nitrogens is 1. The first-order chi connectivity index (χ1) is 9.58. The van der Waals surface area contributed by atoms with E-state index < -0.39 is 0 Å². The van der Waals surface area contributed by atoms with Crippen LogP contribution in [0.1, 0.15) is 23.0 Å². The van der Waals surface area contributed by atoms with Crippen LogP contribution < -0.4 is 10.6 Å². The highest BCUT2D eigenvalue weighted by molar-refractivity contribution is 9.10. The molecule has 20 heavy (non-hydrogen) atoms. The number of hydrogen-bond donors (Lipinski definition) is 2. The summed E-state index contributed by atoms with van der Waals surface area (Å²) in [6.45, 7) is 4.69. The van der Waals surface area contributed by atoms with E-state index in [1.54, 1.807) is 0 Å². The van der Waals surface area contributed by atoms with Crippen molar-refractivity contribution in [3.63, 3.8) is 0 Å². The van der Waals surface area contributed by atoms with Gasteiger partial charge in [0, 0.05) is 21.4 Å². The van der Waals surface area contributed by atoms with Gasteiger partial charge in [0.15, 0.2) is 5.96 Å². The summed E-state index contributed by atoms with van der Waals surface area (Å²) >= 11 is 3.45. The number of anilines is 1. The Kier molecular flexibility index (Phi) is 3.25. The summed E-state index contributed by atoms with van der Waals surface area (Å²) in [4.78, 5) is 6.47. The molecular formula is C14H16BrN5. The van der Waals surface area contributed by atoms with Gasteiger partial charge in [-0.3, -0.25) is 10.1 Å². The van der Waals surface area contributed by atoms with Crippen molar-refractivity contribution in [3.05, 3.63) is 45.7 Å². The Morgan fingerprint density at radius 3 is 2.60 bits per heavy atom. The van der Waals surface area contributed by atoms with Crippen molar-refractivity contribution in [3.8, 4) is 0 Å². The summed E-state index contributed by atoms with van der Waals surface area (Å²) in [5.74, 6) is 0.553. The monoisotopic (exact) mass is 333 g/mol. The molecule has 0 saturated carbocycles. The van der Waals surface area contributed by atoms with E-state index in [9.17, 15) is 0 Å². The number of guanidine groups is 1. The first kappa shape index (κ1) is 13.2. The van der Waals surface area contributed by atoms with E-state index in [1.807, 2.05) is 38.1 Å². The molecule has 1 aromatic heterocycles. The molecule has 0 bridgehead atoms.